The van der Waals surface area contributed by atoms with Crippen LogP contribution in [0.5, 0.6) is 11.5 Å². The number of ether oxygens (including phenoxy) is 2. The number of carbonyl (C=O) groups excluding carboxylic acids is 3. The maximum absolute atomic E-state index is 13.3. The van der Waals surface area contributed by atoms with Crippen LogP contribution in [-0.2, 0) is 4.79 Å². The highest BCUT2D eigenvalue weighted by Gasteiger charge is 2.41. The molecule has 0 saturated carbocycles. The molecular formula is C31H32N6O6. The summed E-state index contributed by atoms with van der Waals surface area (Å²) in [4.78, 5) is 65.5. The van der Waals surface area contributed by atoms with Crippen LogP contribution in [0.3, 0.4) is 0 Å². The number of aldehydes is 1. The molecule has 2 amide bonds. The van der Waals surface area contributed by atoms with Crippen molar-refractivity contribution in [2.45, 2.75) is 18.9 Å². The molecule has 0 radical (unpaired) electrons. The molecule has 12 heteroatoms. The molecule has 2 aliphatic rings. The number of aromatic amines is 2. The molecule has 1 atom stereocenters. The number of aromatic nitrogens is 3. The SMILES string of the molecule is COc1ccccc1OCC(C=O)CNc1cc[nH]c(=O)c1-c1nc2cc3c(cc2[nH]1)C(=O)N(C1CCN(C)CC1)C3=O. The third kappa shape index (κ3) is 5.37. The Kier molecular flexibility index (Phi) is 7.68. The second-order valence-electron chi connectivity index (χ2n) is 10.8. The van der Waals surface area contributed by atoms with Crippen LogP contribution in [0.2, 0.25) is 0 Å². The molecule has 4 aromatic rings. The van der Waals surface area contributed by atoms with Crippen LogP contribution in [0.4, 0.5) is 5.69 Å². The molecule has 1 saturated heterocycles. The van der Waals surface area contributed by atoms with Crippen molar-refractivity contribution in [2.24, 2.45) is 5.92 Å². The minimum atomic E-state index is -0.528. The quantitative estimate of drug-likeness (QED) is 0.189. The maximum Gasteiger partial charge on any atom is 0.261 e. The summed E-state index contributed by atoms with van der Waals surface area (Å²) >= 11 is 0. The lowest BCUT2D eigenvalue weighted by Gasteiger charge is -2.33. The topological polar surface area (TPSA) is 150 Å². The molecular weight excluding hydrogens is 552 g/mol. The Balaban J connectivity index is 1.22. The summed E-state index contributed by atoms with van der Waals surface area (Å²) in [5, 5.41) is 3.18. The Morgan fingerprint density at radius 3 is 2.51 bits per heavy atom. The summed E-state index contributed by atoms with van der Waals surface area (Å²) in [6.45, 7) is 1.95. The monoisotopic (exact) mass is 584 g/mol. The fourth-order valence-corrected chi connectivity index (χ4v) is 5.65. The lowest BCUT2D eigenvalue weighted by Crippen LogP contribution is -2.46. The van der Waals surface area contributed by atoms with Crippen LogP contribution in [0.1, 0.15) is 33.6 Å². The molecule has 1 fully saturated rings. The highest BCUT2D eigenvalue weighted by atomic mass is 16.5. The van der Waals surface area contributed by atoms with Gasteiger partial charge in [-0.15, -0.1) is 0 Å². The number of H-pyrrole nitrogens is 2. The molecule has 0 bridgehead atoms. The fourth-order valence-electron chi connectivity index (χ4n) is 5.65. The molecule has 222 valence electrons. The minimum absolute atomic E-state index is 0.0994. The zero-order valence-corrected chi connectivity index (χ0v) is 23.9. The predicted octanol–water partition coefficient (Wildman–Crippen LogP) is 2.92. The molecule has 0 spiro atoms. The molecule has 1 unspecified atom stereocenters. The van der Waals surface area contributed by atoms with Gasteiger partial charge in [0.1, 0.15) is 17.7 Å². The summed E-state index contributed by atoms with van der Waals surface area (Å²) in [7, 11) is 3.57. The number of amides is 2. The van der Waals surface area contributed by atoms with E-state index in [9.17, 15) is 19.2 Å². The minimum Gasteiger partial charge on any atom is -0.493 e. The average Bonchev–Trinajstić information content (AvgIpc) is 3.54. The van der Waals surface area contributed by atoms with Crippen molar-refractivity contribution in [1.82, 2.24) is 24.8 Å². The molecule has 3 N–H and O–H groups in total. The van der Waals surface area contributed by atoms with Gasteiger partial charge in [0.2, 0.25) is 0 Å². The van der Waals surface area contributed by atoms with Gasteiger partial charge in [-0.1, -0.05) is 12.1 Å². The molecule has 6 rings (SSSR count). The van der Waals surface area contributed by atoms with Crippen LogP contribution < -0.4 is 20.3 Å². The number of anilines is 1. The third-order valence-corrected chi connectivity index (χ3v) is 8.04. The van der Waals surface area contributed by atoms with Gasteiger partial charge in [0.15, 0.2) is 11.5 Å². The number of rotatable bonds is 10. The first-order chi connectivity index (χ1) is 20.9. The van der Waals surface area contributed by atoms with Crippen LogP contribution in [-0.4, -0.2) is 89.3 Å². The molecule has 43 heavy (non-hydrogen) atoms. The number of nitrogens with zero attached hydrogens (tertiary/aromatic N) is 3. The molecule has 0 aliphatic carbocycles. The smallest absolute Gasteiger partial charge is 0.261 e. The number of benzene rings is 2. The lowest BCUT2D eigenvalue weighted by molar-refractivity contribution is -0.111. The highest BCUT2D eigenvalue weighted by molar-refractivity contribution is 6.23. The first kappa shape index (κ1) is 28.2. The molecule has 2 aliphatic heterocycles. The Morgan fingerprint density at radius 2 is 1.79 bits per heavy atom. The van der Waals surface area contributed by atoms with Gasteiger partial charge in [-0.2, -0.15) is 0 Å². The van der Waals surface area contributed by atoms with E-state index < -0.39 is 11.5 Å². The number of nitrogens with one attached hydrogen (secondary N) is 3. The molecule has 4 heterocycles. The number of imidazole rings is 1. The first-order valence-corrected chi connectivity index (χ1v) is 14.1. The van der Waals surface area contributed by atoms with Crippen molar-refractivity contribution in [2.75, 3.05) is 45.7 Å². The molecule has 2 aromatic heterocycles. The van der Waals surface area contributed by atoms with Crippen molar-refractivity contribution in [3.8, 4) is 22.9 Å². The van der Waals surface area contributed by atoms with E-state index in [0.29, 0.717) is 39.3 Å². The van der Waals surface area contributed by atoms with E-state index in [4.69, 9.17) is 9.47 Å². The second kappa shape index (κ2) is 11.7. The first-order valence-electron chi connectivity index (χ1n) is 14.1. The second-order valence-corrected chi connectivity index (χ2v) is 10.8. The van der Waals surface area contributed by atoms with Gasteiger partial charge < -0.3 is 34.5 Å². The Labute approximate surface area is 247 Å². The van der Waals surface area contributed by atoms with Gasteiger partial charge in [-0.25, -0.2) is 4.98 Å². The van der Waals surface area contributed by atoms with Crippen LogP contribution >= 0.6 is 0 Å². The van der Waals surface area contributed by atoms with Crippen molar-refractivity contribution < 1.29 is 23.9 Å². The number of piperidine rings is 1. The van der Waals surface area contributed by atoms with Gasteiger partial charge in [0.25, 0.3) is 17.4 Å². The van der Waals surface area contributed by atoms with Crippen LogP contribution in [0, 0.1) is 5.92 Å². The summed E-state index contributed by atoms with van der Waals surface area (Å²) < 4.78 is 11.1. The number of methoxy groups -OCH3 is 1. The largest absolute Gasteiger partial charge is 0.493 e. The standard InChI is InChI=1S/C31H32N6O6/c1-36-11-8-19(9-12-36)37-30(40)20-13-23-24(14-21(20)31(37)41)35-28(34-23)27-22(7-10-32-29(27)39)33-15-18(16-38)17-43-26-6-4-3-5-25(26)42-2/h3-7,10,13-14,16,18-19H,8-9,11-12,15,17H2,1-2H3,(H,34,35)(H2,32,33,39). The average molecular weight is 585 g/mol. The highest BCUT2D eigenvalue weighted by Crippen LogP contribution is 2.33. The summed E-state index contributed by atoms with van der Waals surface area (Å²) in [5.74, 6) is 0.210. The number of imide groups is 1. The third-order valence-electron chi connectivity index (χ3n) is 8.04. The van der Waals surface area contributed by atoms with Gasteiger partial charge in [-0.05, 0) is 63.3 Å². The zero-order valence-electron chi connectivity index (χ0n) is 23.9. The van der Waals surface area contributed by atoms with Gasteiger partial charge in [-0.3, -0.25) is 19.3 Å². The molecule has 2 aromatic carbocycles. The Bertz CT molecular complexity index is 1700. The number of hydrogen-bond acceptors (Lipinski definition) is 9. The van der Waals surface area contributed by atoms with Crippen molar-refractivity contribution in [3.05, 3.63) is 70.1 Å². The van der Waals surface area contributed by atoms with Crippen molar-refractivity contribution in [1.29, 1.82) is 0 Å². The zero-order chi connectivity index (χ0) is 30.1. The fraction of sp³-hybridized carbons (Fsp3) is 0.323. The van der Waals surface area contributed by atoms with Gasteiger partial charge in [0.05, 0.1) is 47.5 Å². The number of carbonyl (C=O) groups is 3. The van der Waals surface area contributed by atoms with E-state index in [1.807, 2.05) is 19.2 Å². The molecule has 12 nitrogen and oxygen atoms in total. The van der Waals surface area contributed by atoms with Gasteiger partial charge >= 0.3 is 0 Å². The maximum atomic E-state index is 13.3. The van der Waals surface area contributed by atoms with Crippen molar-refractivity contribution in [3.63, 3.8) is 0 Å². The lowest BCUT2D eigenvalue weighted by atomic mass is 10.0. The number of para-hydroxylation sites is 2. The number of hydrogen-bond donors (Lipinski definition) is 3. The normalized spacial score (nSPS) is 16.4. The summed E-state index contributed by atoms with van der Waals surface area (Å²) in [5.41, 5.74) is 1.94. The van der Waals surface area contributed by atoms with E-state index in [0.717, 1.165) is 32.2 Å². The predicted molar refractivity (Wildman–Crippen MR) is 160 cm³/mol. The van der Waals surface area contributed by atoms with Crippen LogP contribution in [0.15, 0.2) is 53.5 Å². The van der Waals surface area contributed by atoms with Crippen LogP contribution in [0.25, 0.3) is 22.4 Å². The van der Waals surface area contributed by atoms with E-state index in [-0.39, 0.29) is 42.4 Å². The Hall–Kier alpha value is -4.97. The van der Waals surface area contributed by atoms with E-state index in [1.54, 1.807) is 37.4 Å². The van der Waals surface area contributed by atoms with Crippen molar-refractivity contribution >= 4 is 34.8 Å². The van der Waals surface area contributed by atoms with E-state index in [2.05, 4.69) is 25.2 Å². The number of likely N-dealkylation sites (tertiary alicyclic amines) is 1. The van der Waals surface area contributed by atoms with Gasteiger partial charge in [0, 0.05) is 18.8 Å². The van der Waals surface area contributed by atoms with E-state index in [1.165, 1.54) is 11.1 Å². The van der Waals surface area contributed by atoms with E-state index >= 15 is 0 Å². The summed E-state index contributed by atoms with van der Waals surface area (Å²) in [6.07, 6.45) is 3.78. The Morgan fingerprint density at radius 1 is 1.07 bits per heavy atom. The number of pyridine rings is 1. The number of fused-ring (bicyclic) bond motifs is 2. The summed E-state index contributed by atoms with van der Waals surface area (Å²) in [6, 6.07) is 12.0.